The molecule has 0 radical (unpaired) electrons. The Bertz CT molecular complexity index is 985. The quantitative estimate of drug-likeness (QED) is 0.834. The maximum absolute atomic E-state index is 12.9. The molecule has 2 unspecified atom stereocenters. The molecule has 2 saturated carbocycles. The van der Waals surface area contributed by atoms with Crippen molar-refractivity contribution in [1.82, 2.24) is 5.32 Å². The second-order valence-corrected chi connectivity index (χ2v) is 10.1. The van der Waals surface area contributed by atoms with E-state index in [2.05, 4.69) is 5.32 Å². The molecule has 2 fully saturated rings. The molecule has 2 aromatic rings. The molecule has 28 heavy (non-hydrogen) atoms. The summed E-state index contributed by atoms with van der Waals surface area (Å²) < 4.78 is 27.1. The van der Waals surface area contributed by atoms with Crippen molar-refractivity contribution in [2.45, 2.75) is 43.5 Å². The highest BCUT2D eigenvalue weighted by atomic mass is 32.2. The molecular weight excluding hydrogens is 372 g/mol. The molecule has 2 aromatic carbocycles. The summed E-state index contributed by atoms with van der Waals surface area (Å²) in [6.07, 6.45) is 4.78. The molecule has 2 bridgehead atoms. The Kier molecular flexibility index (Phi) is 4.91. The highest BCUT2D eigenvalue weighted by Crippen LogP contribution is 2.44. The van der Waals surface area contributed by atoms with Crippen molar-refractivity contribution in [2.24, 2.45) is 11.8 Å². The fourth-order valence-electron chi connectivity index (χ4n) is 4.52. The molecule has 2 aliphatic rings. The maximum Gasteiger partial charge on any atom is 0.264 e. The summed E-state index contributed by atoms with van der Waals surface area (Å²) in [5.41, 5.74) is 1.97. The van der Waals surface area contributed by atoms with E-state index in [1.165, 1.54) is 30.6 Å². The van der Waals surface area contributed by atoms with Gasteiger partial charge in [0.2, 0.25) is 0 Å². The van der Waals surface area contributed by atoms with E-state index < -0.39 is 10.0 Å². The van der Waals surface area contributed by atoms with Crippen molar-refractivity contribution in [2.75, 3.05) is 11.4 Å². The number of anilines is 1. The lowest BCUT2D eigenvalue weighted by atomic mass is 9.95. The lowest BCUT2D eigenvalue weighted by molar-refractivity contribution is 0.0923. The van der Waals surface area contributed by atoms with Gasteiger partial charge in [-0.15, -0.1) is 0 Å². The second-order valence-electron chi connectivity index (χ2n) is 8.09. The maximum atomic E-state index is 12.9. The highest BCUT2D eigenvalue weighted by molar-refractivity contribution is 7.92. The zero-order chi connectivity index (χ0) is 19.9. The third-order valence-corrected chi connectivity index (χ3v) is 8.01. The Morgan fingerprint density at radius 1 is 1.07 bits per heavy atom. The van der Waals surface area contributed by atoms with Crippen molar-refractivity contribution < 1.29 is 13.2 Å². The molecule has 4 rings (SSSR count). The molecule has 0 heterocycles. The van der Waals surface area contributed by atoms with Crippen LogP contribution in [0.3, 0.4) is 0 Å². The number of sulfonamides is 1. The van der Waals surface area contributed by atoms with Crippen LogP contribution in [-0.2, 0) is 10.0 Å². The van der Waals surface area contributed by atoms with E-state index in [0.717, 1.165) is 17.9 Å². The SMILES string of the molecule is Cc1ccc(S(=O)(=O)N(C)c2cccc(C(=O)N[C@@H]3CC4CCC3C4)c2)cc1. The van der Waals surface area contributed by atoms with Crippen LogP contribution in [0.2, 0.25) is 0 Å². The number of carbonyl (C=O) groups excluding carboxylic acids is 1. The van der Waals surface area contributed by atoms with Crippen LogP contribution >= 0.6 is 0 Å². The normalized spacial score (nSPS) is 23.6. The van der Waals surface area contributed by atoms with Crippen molar-refractivity contribution in [1.29, 1.82) is 0 Å². The molecule has 3 atom stereocenters. The lowest BCUT2D eigenvalue weighted by Gasteiger charge is -2.23. The fraction of sp³-hybridized carbons (Fsp3) is 0.409. The van der Waals surface area contributed by atoms with Gasteiger partial charge in [0, 0.05) is 18.7 Å². The number of rotatable bonds is 5. The summed E-state index contributed by atoms with van der Waals surface area (Å²) in [5, 5.41) is 3.16. The Morgan fingerprint density at radius 2 is 1.82 bits per heavy atom. The van der Waals surface area contributed by atoms with Crippen LogP contribution < -0.4 is 9.62 Å². The van der Waals surface area contributed by atoms with Crippen LogP contribution in [-0.4, -0.2) is 27.4 Å². The third kappa shape index (κ3) is 3.53. The first-order chi connectivity index (χ1) is 13.3. The van der Waals surface area contributed by atoms with Crippen LogP contribution in [0.5, 0.6) is 0 Å². The van der Waals surface area contributed by atoms with E-state index in [1.54, 1.807) is 48.5 Å². The smallest absolute Gasteiger partial charge is 0.264 e. The summed E-state index contributed by atoms with van der Waals surface area (Å²) >= 11 is 0. The molecule has 2 aliphatic carbocycles. The Balaban J connectivity index is 1.52. The zero-order valence-electron chi connectivity index (χ0n) is 16.3. The first-order valence-electron chi connectivity index (χ1n) is 9.81. The van der Waals surface area contributed by atoms with Gasteiger partial charge in [-0.2, -0.15) is 0 Å². The minimum absolute atomic E-state index is 0.125. The van der Waals surface area contributed by atoms with Crippen LogP contribution in [0.15, 0.2) is 53.4 Å². The number of nitrogens with zero attached hydrogens (tertiary/aromatic N) is 1. The van der Waals surface area contributed by atoms with Gasteiger partial charge in [-0.3, -0.25) is 9.10 Å². The average Bonchev–Trinajstić information content (AvgIpc) is 3.31. The largest absolute Gasteiger partial charge is 0.349 e. The number of hydrogen-bond donors (Lipinski definition) is 1. The van der Waals surface area contributed by atoms with Crippen LogP contribution in [0.25, 0.3) is 0 Å². The molecular formula is C22H26N2O3S. The van der Waals surface area contributed by atoms with Crippen molar-refractivity contribution >= 4 is 21.6 Å². The van der Waals surface area contributed by atoms with Crippen molar-refractivity contribution in [3.8, 4) is 0 Å². The van der Waals surface area contributed by atoms with Gasteiger partial charge in [-0.25, -0.2) is 8.42 Å². The van der Waals surface area contributed by atoms with Gasteiger partial charge in [0.05, 0.1) is 10.6 Å². The van der Waals surface area contributed by atoms with E-state index in [1.807, 2.05) is 6.92 Å². The predicted octanol–water partition coefficient (Wildman–Crippen LogP) is 3.74. The lowest BCUT2D eigenvalue weighted by Crippen LogP contribution is -2.38. The van der Waals surface area contributed by atoms with E-state index in [4.69, 9.17) is 0 Å². The molecule has 5 nitrogen and oxygen atoms in total. The molecule has 0 spiro atoms. The number of amides is 1. The molecule has 0 saturated heterocycles. The van der Waals surface area contributed by atoms with E-state index in [-0.39, 0.29) is 16.8 Å². The van der Waals surface area contributed by atoms with Gasteiger partial charge >= 0.3 is 0 Å². The van der Waals surface area contributed by atoms with Gasteiger partial charge < -0.3 is 5.32 Å². The molecule has 1 amide bonds. The van der Waals surface area contributed by atoms with E-state index >= 15 is 0 Å². The Hall–Kier alpha value is -2.34. The number of benzene rings is 2. The van der Waals surface area contributed by atoms with Gasteiger partial charge in [-0.1, -0.05) is 30.2 Å². The average molecular weight is 399 g/mol. The van der Waals surface area contributed by atoms with Gasteiger partial charge in [-0.05, 0) is 68.4 Å². The molecule has 148 valence electrons. The van der Waals surface area contributed by atoms with E-state index in [0.29, 0.717) is 17.2 Å². The molecule has 6 heteroatoms. The first-order valence-corrected chi connectivity index (χ1v) is 11.2. The number of nitrogens with one attached hydrogen (secondary N) is 1. The van der Waals surface area contributed by atoms with Gasteiger partial charge in [0.15, 0.2) is 0 Å². The Morgan fingerprint density at radius 3 is 2.46 bits per heavy atom. The third-order valence-electron chi connectivity index (χ3n) is 6.21. The summed E-state index contributed by atoms with van der Waals surface area (Å²) in [6, 6.07) is 13.8. The molecule has 0 aliphatic heterocycles. The minimum Gasteiger partial charge on any atom is -0.349 e. The number of aryl methyl sites for hydroxylation is 1. The summed E-state index contributed by atoms with van der Waals surface area (Å²) in [7, 11) is -2.16. The minimum atomic E-state index is -3.68. The Labute approximate surface area is 166 Å². The topological polar surface area (TPSA) is 66.5 Å². The monoisotopic (exact) mass is 398 g/mol. The number of carbonyl (C=O) groups is 1. The van der Waals surface area contributed by atoms with Gasteiger partial charge in [0.1, 0.15) is 0 Å². The second kappa shape index (κ2) is 7.24. The summed E-state index contributed by atoms with van der Waals surface area (Å²) in [4.78, 5) is 13.0. The first kappa shape index (κ1) is 19.0. The fourth-order valence-corrected chi connectivity index (χ4v) is 5.71. The van der Waals surface area contributed by atoms with Crippen LogP contribution in [0.1, 0.15) is 41.6 Å². The number of hydrogen-bond acceptors (Lipinski definition) is 3. The standard InChI is InChI=1S/C22H26N2O3S/c1-15-6-10-20(11-7-15)28(26,27)24(2)19-5-3-4-18(14-19)22(25)23-21-13-16-8-9-17(21)12-16/h3-7,10-11,14,16-17,21H,8-9,12-13H2,1-2H3,(H,23,25)/t16?,17?,21-/m1/s1. The van der Waals surface area contributed by atoms with Crippen molar-refractivity contribution in [3.63, 3.8) is 0 Å². The van der Waals surface area contributed by atoms with Crippen LogP contribution in [0.4, 0.5) is 5.69 Å². The van der Waals surface area contributed by atoms with Crippen LogP contribution in [0, 0.1) is 18.8 Å². The number of fused-ring (bicyclic) bond motifs is 2. The van der Waals surface area contributed by atoms with E-state index in [9.17, 15) is 13.2 Å². The summed E-state index contributed by atoms with van der Waals surface area (Å²) in [5.74, 6) is 1.23. The molecule has 1 N–H and O–H groups in total. The highest BCUT2D eigenvalue weighted by Gasteiger charge is 2.40. The van der Waals surface area contributed by atoms with Gasteiger partial charge in [0.25, 0.3) is 15.9 Å². The zero-order valence-corrected chi connectivity index (χ0v) is 17.1. The molecule has 0 aromatic heterocycles. The van der Waals surface area contributed by atoms with Crippen molar-refractivity contribution in [3.05, 3.63) is 59.7 Å². The predicted molar refractivity (Wildman–Crippen MR) is 110 cm³/mol. The summed E-state index contributed by atoms with van der Waals surface area (Å²) in [6.45, 7) is 1.92.